The summed E-state index contributed by atoms with van der Waals surface area (Å²) in [7, 11) is 0. The van der Waals surface area contributed by atoms with Gasteiger partial charge in [0.25, 0.3) is 5.56 Å². The van der Waals surface area contributed by atoms with Crippen LogP contribution in [0.4, 0.5) is 0 Å². The van der Waals surface area contributed by atoms with Crippen molar-refractivity contribution >= 4 is 10.9 Å². The molecule has 1 atom stereocenters. The average molecular weight is 311 g/mol. The van der Waals surface area contributed by atoms with Gasteiger partial charge in [-0.1, -0.05) is 29.5 Å². The normalized spacial score (nSPS) is 12.3. The lowest BCUT2D eigenvalue weighted by atomic mass is 10.2. The van der Waals surface area contributed by atoms with Crippen LogP contribution < -0.4 is 10.3 Å². The molecular weight excluding hydrogens is 294 g/mol. The minimum atomic E-state index is -0.858. The zero-order valence-corrected chi connectivity index (χ0v) is 12.7. The van der Waals surface area contributed by atoms with E-state index in [0.717, 1.165) is 10.2 Å². The van der Waals surface area contributed by atoms with Crippen LogP contribution in [0.2, 0.25) is 0 Å². The molecule has 0 unspecified atom stereocenters. The third-order valence-electron chi connectivity index (χ3n) is 3.44. The molecule has 0 radical (unpaired) electrons. The van der Waals surface area contributed by atoms with Crippen molar-refractivity contribution in [1.82, 2.24) is 15.0 Å². The summed E-state index contributed by atoms with van der Waals surface area (Å²) in [5.41, 5.74) is 1.35. The van der Waals surface area contributed by atoms with Crippen LogP contribution in [0.3, 0.4) is 0 Å². The molecule has 0 amide bonds. The Morgan fingerprint density at radius 3 is 2.87 bits per heavy atom. The lowest BCUT2D eigenvalue weighted by Crippen LogP contribution is -2.32. The topological polar surface area (TPSA) is 77.2 Å². The third-order valence-corrected chi connectivity index (χ3v) is 3.44. The largest absolute Gasteiger partial charge is 0.491 e. The zero-order valence-electron chi connectivity index (χ0n) is 12.7. The summed E-state index contributed by atoms with van der Waals surface area (Å²) < 4.78 is 6.69. The van der Waals surface area contributed by atoms with Gasteiger partial charge in [-0.25, -0.2) is 4.68 Å². The highest BCUT2D eigenvalue weighted by Gasteiger charge is 2.11. The molecule has 6 nitrogen and oxygen atoms in total. The zero-order chi connectivity index (χ0) is 16.2. The fourth-order valence-corrected chi connectivity index (χ4v) is 2.29. The van der Waals surface area contributed by atoms with E-state index in [-0.39, 0.29) is 18.7 Å². The average Bonchev–Trinajstić information content (AvgIpc) is 2.56. The first-order valence-corrected chi connectivity index (χ1v) is 7.33. The molecule has 0 bridgehead atoms. The number of aryl methyl sites for hydroxylation is 1. The van der Waals surface area contributed by atoms with Crippen LogP contribution in [0.1, 0.15) is 5.56 Å². The first kappa shape index (κ1) is 15.2. The molecule has 23 heavy (non-hydrogen) atoms. The van der Waals surface area contributed by atoms with Crippen LogP contribution in [0.15, 0.2) is 53.3 Å². The Hall–Kier alpha value is -2.73. The summed E-state index contributed by atoms with van der Waals surface area (Å²) in [5, 5.41) is 18.4. The van der Waals surface area contributed by atoms with Gasteiger partial charge in [0.2, 0.25) is 0 Å². The van der Waals surface area contributed by atoms with Crippen molar-refractivity contribution in [3.8, 4) is 5.75 Å². The van der Waals surface area contributed by atoms with E-state index in [4.69, 9.17) is 4.74 Å². The SMILES string of the molecule is Cc1cccc(OC[C@H](O)Cn2nnc3ccccc3c2=O)c1. The minimum Gasteiger partial charge on any atom is -0.491 e. The Bertz CT molecular complexity index is 876. The fourth-order valence-electron chi connectivity index (χ4n) is 2.29. The molecule has 3 aromatic rings. The molecule has 3 rings (SSSR count). The molecule has 0 spiro atoms. The number of benzene rings is 2. The molecule has 0 aliphatic rings. The molecule has 0 aliphatic carbocycles. The van der Waals surface area contributed by atoms with Crippen LogP contribution in [0.25, 0.3) is 10.9 Å². The quantitative estimate of drug-likeness (QED) is 0.773. The van der Waals surface area contributed by atoms with E-state index in [2.05, 4.69) is 10.3 Å². The van der Waals surface area contributed by atoms with Crippen molar-refractivity contribution in [3.63, 3.8) is 0 Å². The Balaban J connectivity index is 1.69. The smallest absolute Gasteiger partial charge is 0.277 e. The lowest BCUT2D eigenvalue weighted by molar-refractivity contribution is 0.0873. The molecule has 0 fully saturated rings. The van der Waals surface area contributed by atoms with Gasteiger partial charge >= 0.3 is 0 Å². The van der Waals surface area contributed by atoms with Crippen molar-refractivity contribution < 1.29 is 9.84 Å². The number of hydrogen-bond donors (Lipinski definition) is 1. The van der Waals surface area contributed by atoms with Crippen LogP contribution >= 0.6 is 0 Å². The van der Waals surface area contributed by atoms with Gasteiger partial charge in [-0.05, 0) is 36.8 Å². The summed E-state index contributed by atoms with van der Waals surface area (Å²) in [6.07, 6.45) is -0.858. The molecule has 6 heteroatoms. The van der Waals surface area contributed by atoms with E-state index in [1.54, 1.807) is 24.3 Å². The second-order valence-electron chi connectivity index (χ2n) is 5.38. The van der Waals surface area contributed by atoms with Gasteiger partial charge in [0, 0.05) is 0 Å². The van der Waals surface area contributed by atoms with Crippen LogP contribution in [0.5, 0.6) is 5.75 Å². The van der Waals surface area contributed by atoms with E-state index in [0.29, 0.717) is 16.7 Å². The predicted octanol–water partition coefficient (Wildman–Crippen LogP) is 1.54. The monoisotopic (exact) mass is 311 g/mol. The van der Waals surface area contributed by atoms with Crippen LogP contribution in [-0.2, 0) is 6.54 Å². The molecule has 1 N–H and O–H groups in total. The number of aliphatic hydroxyl groups excluding tert-OH is 1. The van der Waals surface area contributed by atoms with Crippen LogP contribution in [0, 0.1) is 6.92 Å². The van der Waals surface area contributed by atoms with Crippen molar-refractivity contribution in [2.45, 2.75) is 19.6 Å². The lowest BCUT2D eigenvalue weighted by Gasteiger charge is -2.13. The molecule has 0 saturated carbocycles. The van der Waals surface area contributed by atoms with Gasteiger partial charge in [0.1, 0.15) is 24.0 Å². The standard InChI is InChI=1S/C17H17N3O3/c1-12-5-4-6-14(9-12)23-11-13(21)10-20-17(22)15-7-2-3-8-16(15)18-19-20/h2-9,13,21H,10-11H2,1H3/t13-/m1/s1. The molecule has 0 saturated heterocycles. The fraction of sp³-hybridized carbons (Fsp3) is 0.235. The Labute approximate surface area is 133 Å². The number of hydrogen-bond acceptors (Lipinski definition) is 5. The highest BCUT2D eigenvalue weighted by Crippen LogP contribution is 2.12. The molecule has 0 aliphatic heterocycles. The van der Waals surface area contributed by atoms with Crippen LogP contribution in [-0.4, -0.2) is 32.8 Å². The van der Waals surface area contributed by atoms with E-state index >= 15 is 0 Å². The third kappa shape index (κ3) is 3.54. The predicted molar refractivity (Wildman–Crippen MR) is 86.5 cm³/mol. The number of rotatable bonds is 5. The molecule has 1 aromatic heterocycles. The van der Waals surface area contributed by atoms with E-state index in [1.807, 2.05) is 31.2 Å². The van der Waals surface area contributed by atoms with Gasteiger partial charge in [0.05, 0.1) is 11.9 Å². The summed E-state index contributed by atoms with van der Waals surface area (Å²) in [5.74, 6) is 0.681. The molecule has 1 heterocycles. The maximum atomic E-state index is 12.3. The summed E-state index contributed by atoms with van der Waals surface area (Å²) >= 11 is 0. The maximum Gasteiger partial charge on any atom is 0.277 e. The summed E-state index contributed by atoms with van der Waals surface area (Å²) in [6.45, 7) is 2.07. The van der Waals surface area contributed by atoms with Gasteiger partial charge in [-0.15, -0.1) is 5.10 Å². The first-order valence-electron chi connectivity index (χ1n) is 7.33. The first-order chi connectivity index (χ1) is 11.1. The van der Waals surface area contributed by atoms with E-state index in [1.165, 1.54) is 0 Å². The second-order valence-corrected chi connectivity index (χ2v) is 5.38. The van der Waals surface area contributed by atoms with Gasteiger partial charge in [-0.2, -0.15) is 0 Å². The molecule has 118 valence electrons. The number of fused-ring (bicyclic) bond motifs is 1. The van der Waals surface area contributed by atoms with E-state index < -0.39 is 6.10 Å². The molecular formula is C17H17N3O3. The summed E-state index contributed by atoms with van der Waals surface area (Å²) in [4.78, 5) is 12.3. The minimum absolute atomic E-state index is 0.0302. The van der Waals surface area contributed by atoms with Crippen molar-refractivity contribution in [2.75, 3.05) is 6.61 Å². The Morgan fingerprint density at radius 2 is 2.04 bits per heavy atom. The van der Waals surface area contributed by atoms with E-state index in [9.17, 15) is 9.90 Å². The number of aromatic nitrogens is 3. The highest BCUT2D eigenvalue weighted by molar-refractivity contribution is 5.76. The molecule has 2 aromatic carbocycles. The second kappa shape index (κ2) is 6.58. The van der Waals surface area contributed by atoms with Gasteiger partial charge < -0.3 is 9.84 Å². The summed E-state index contributed by atoms with van der Waals surface area (Å²) in [6, 6.07) is 14.5. The Kier molecular flexibility index (Phi) is 4.34. The number of ether oxygens (including phenoxy) is 1. The number of aliphatic hydroxyl groups is 1. The van der Waals surface area contributed by atoms with Gasteiger partial charge in [-0.3, -0.25) is 4.79 Å². The van der Waals surface area contributed by atoms with Crippen molar-refractivity contribution in [3.05, 3.63) is 64.4 Å². The van der Waals surface area contributed by atoms with Crippen molar-refractivity contribution in [2.24, 2.45) is 0 Å². The highest BCUT2D eigenvalue weighted by atomic mass is 16.5. The Morgan fingerprint density at radius 1 is 1.22 bits per heavy atom. The maximum absolute atomic E-state index is 12.3. The van der Waals surface area contributed by atoms with Gasteiger partial charge in [0.15, 0.2) is 0 Å². The number of nitrogens with zero attached hydrogens (tertiary/aromatic N) is 3. The van der Waals surface area contributed by atoms with Crippen molar-refractivity contribution in [1.29, 1.82) is 0 Å².